The van der Waals surface area contributed by atoms with Gasteiger partial charge in [0.25, 0.3) is 0 Å². The Balaban J connectivity index is 0.000000690. The zero-order valence-electron chi connectivity index (χ0n) is 22.6. The molecule has 1 aromatic heterocycles. The fourth-order valence-electron chi connectivity index (χ4n) is 3.76. The van der Waals surface area contributed by atoms with Gasteiger partial charge in [0.2, 0.25) is 5.91 Å². The second kappa shape index (κ2) is 16.8. The van der Waals surface area contributed by atoms with Crippen molar-refractivity contribution in [2.75, 3.05) is 33.7 Å². The number of pyridine rings is 1. The van der Waals surface area contributed by atoms with E-state index >= 15 is 0 Å². The zero-order valence-corrected chi connectivity index (χ0v) is 22.6. The number of amides is 1. The smallest absolute Gasteiger partial charge is 0.475 e. The number of likely N-dealkylation sites (N-methyl/N-ethyl adjacent to an activating group) is 1. The summed E-state index contributed by atoms with van der Waals surface area (Å²) in [6, 6.07) is 5.10. The van der Waals surface area contributed by atoms with Crippen molar-refractivity contribution < 1.29 is 74.0 Å². The number of halogens is 9. The lowest BCUT2D eigenvalue weighted by Crippen LogP contribution is -2.53. The van der Waals surface area contributed by atoms with E-state index in [1.54, 1.807) is 0 Å². The van der Waals surface area contributed by atoms with Gasteiger partial charge >= 0.3 is 36.4 Å². The monoisotopic (exact) mass is 644 g/mol. The van der Waals surface area contributed by atoms with Gasteiger partial charge < -0.3 is 25.1 Å². The summed E-state index contributed by atoms with van der Waals surface area (Å²) in [4.78, 5) is 49.9. The molecule has 0 spiro atoms. The average Bonchev–Trinajstić information content (AvgIpc) is 3.26. The third-order valence-electron chi connectivity index (χ3n) is 5.65. The van der Waals surface area contributed by atoms with Crippen molar-refractivity contribution in [3.05, 3.63) is 30.1 Å². The maximum Gasteiger partial charge on any atom is 0.490 e. The van der Waals surface area contributed by atoms with E-state index in [-0.39, 0.29) is 0 Å². The third kappa shape index (κ3) is 15.4. The van der Waals surface area contributed by atoms with Crippen LogP contribution in [0, 0.1) is 0 Å². The molecule has 0 aliphatic carbocycles. The lowest BCUT2D eigenvalue weighted by atomic mass is 9.96. The number of aromatic nitrogens is 1. The second-order valence-electron chi connectivity index (χ2n) is 9.09. The van der Waals surface area contributed by atoms with Crippen molar-refractivity contribution in [3.63, 3.8) is 0 Å². The first-order chi connectivity index (χ1) is 19.5. The molecule has 2 aliphatic heterocycles. The molecule has 0 saturated carbocycles. The highest BCUT2D eigenvalue weighted by atomic mass is 19.4. The highest BCUT2D eigenvalue weighted by Crippen LogP contribution is 2.32. The van der Waals surface area contributed by atoms with Crippen LogP contribution in [-0.4, -0.2) is 123 Å². The van der Waals surface area contributed by atoms with Crippen molar-refractivity contribution in [2.24, 2.45) is 0 Å². The predicted molar refractivity (Wildman–Crippen MR) is 127 cm³/mol. The number of carboxylic acids is 3. The number of rotatable bonds is 5. The Labute approximate surface area is 238 Å². The van der Waals surface area contributed by atoms with Crippen LogP contribution < -0.4 is 0 Å². The fraction of sp³-hybridized carbons (Fsp3) is 0.609. The van der Waals surface area contributed by atoms with Gasteiger partial charge in [0.15, 0.2) is 0 Å². The molecule has 3 rings (SSSR count). The first-order valence-electron chi connectivity index (χ1n) is 12.0. The first-order valence-corrected chi connectivity index (χ1v) is 12.0. The number of carboxylic acid groups (broad SMARTS) is 3. The van der Waals surface area contributed by atoms with Crippen LogP contribution in [0.25, 0.3) is 0 Å². The Morgan fingerprint density at radius 2 is 1.26 bits per heavy atom. The number of fused-ring (bicyclic) bond motifs is 1. The Morgan fingerprint density at radius 3 is 1.63 bits per heavy atom. The molecule has 20 heteroatoms. The number of carbonyl (C=O) groups is 4. The molecule has 2 saturated heterocycles. The minimum Gasteiger partial charge on any atom is -0.475 e. The second-order valence-corrected chi connectivity index (χ2v) is 9.09. The van der Waals surface area contributed by atoms with Crippen molar-refractivity contribution in [1.82, 2.24) is 19.7 Å². The summed E-state index contributed by atoms with van der Waals surface area (Å²) in [5.74, 6) is -7.93. The summed E-state index contributed by atoms with van der Waals surface area (Å²) in [6.45, 7) is 3.86. The van der Waals surface area contributed by atoms with Gasteiger partial charge in [0, 0.05) is 57.1 Å². The SMILES string of the molecule is CN(C)CCN1C(=O)CC[C@@H]2[C@H]1CCN2Cc1ccncc1.O=C(O)C(F)(F)F.O=C(O)C(F)(F)F.O=C(O)C(F)(F)F. The number of likely N-dealkylation sites (tertiary alicyclic amines) is 2. The molecular formula is C23H29F9N4O7. The van der Waals surface area contributed by atoms with Crippen molar-refractivity contribution >= 4 is 23.8 Å². The standard InChI is InChI=1S/C17H26N4O.3C2HF3O2/c1-19(2)11-12-21-16-7-10-20(15(16)3-4-17(21)22)13-14-5-8-18-9-6-14;3*3-2(4,5)1(6)7/h5-6,8-9,15-16H,3-4,7,10-13H2,1-2H3;3*(H,6,7)/t15-,16-;;;/m1.../s1. The zero-order chi connectivity index (χ0) is 33.8. The predicted octanol–water partition coefficient (Wildman–Crippen LogP) is 3.11. The van der Waals surface area contributed by atoms with Gasteiger partial charge in [-0.1, -0.05) is 0 Å². The van der Waals surface area contributed by atoms with E-state index in [2.05, 4.69) is 45.9 Å². The molecule has 0 unspecified atom stereocenters. The Bertz CT molecular complexity index is 995. The van der Waals surface area contributed by atoms with Crippen molar-refractivity contribution in [2.45, 2.75) is 56.4 Å². The highest BCUT2D eigenvalue weighted by molar-refractivity contribution is 5.77. The van der Waals surface area contributed by atoms with E-state index in [1.165, 1.54) is 5.56 Å². The van der Waals surface area contributed by atoms with E-state index in [9.17, 15) is 44.3 Å². The lowest BCUT2D eigenvalue weighted by molar-refractivity contribution is -0.193. The van der Waals surface area contributed by atoms with Gasteiger partial charge in [0.1, 0.15) is 0 Å². The van der Waals surface area contributed by atoms with Gasteiger partial charge in [-0.3, -0.25) is 14.7 Å². The average molecular weight is 644 g/mol. The summed E-state index contributed by atoms with van der Waals surface area (Å²) in [5, 5.41) is 21.4. The molecule has 2 atom stereocenters. The van der Waals surface area contributed by atoms with Gasteiger partial charge in [-0.2, -0.15) is 39.5 Å². The molecule has 43 heavy (non-hydrogen) atoms. The quantitative estimate of drug-likeness (QED) is 0.408. The number of aliphatic carboxylic acids is 3. The van der Waals surface area contributed by atoms with Crippen LogP contribution in [-0.2, 0) is 25.7 Å². The summed E-state index contributed by atoms with van der Waals surface area (Å²) in [6.07, 6.45) is -8.73. The topological polar surface area (TPSA) is 152 Å². The van der Waals surface area contributed by atoms with E-state index in [0.29, 0.717) is 24.4 Å². The molecule has 2 aliphatic rings. The van der Waals surface area contributed by atoms with Gasteiger partial charge in [-0.25, -0.2) is 14.4 Å². The van der Waals surface area contributed by atoms with Crippen LogP contribution in [0.1, 0.15) is 24.8 Å². The Morgan fingerprint density at radius 1 is 0.837 bits per heavy atom. The fourth-order valence-corrected chi connectivity index (χ4v) is 3.76. The maximum atomic E-state index is 12.3. The van der Waals surface area contributed by atoms with Crippen LogP contribution >= 0.6 is 0 Å². The molecule has 2 fully saturated rings. The summed E-state index contributed by atoms with van der Waals surface area (Å²) in [7, 11) is 4.13. The van der Waals surface area contributed by atoms with Gasteiger partial charge in [-0.15, -0.1) is 0 Å². The molecule has 1 amide bonds. The van der Waals surface area contributed by atoms with E-state index < -0.39 is 36.4 Å². The van der Waals surface area contributed by atoms with E-state index in [4.69, 9.17) is 29.7 Å². The number of hydrogen-bond acceptors (Lipinski definition) is 7. The maximum absolute atomic E-state index is 12.3. The Hall–Kier alpha value is -3.68. The Kier molecular flexibility index (Phi) is 15.4. The number of alkyl halides is 9. The summed E-state index contributed by atoms with van der Waals surface area (Å²) >= 11 is 0. The molecule has 3 N–H and O–H groups in total. The van der Waals surface area contributed by atoms with E-state index in [1.807, 2.05) is 12.4 Å². The molecule has 0 bridgehead atoms. The van der Waals surface area contributed by atoms with Crippen molar-refractivity contribution in [3.8, 4) is 0 Å². The molecule has 11 nitrogen and oxygen atoms in total. The van der Waals surface area contributed by atoms with Crippen LogP contribution in [0.2, 0.25) is 0 Å². The number of carbonyl (C=O) groups excluding carboxylic acids is 1. The molecular weight excluding hydrogens is 615 g/mol. The van der Waals surface area contributed by atoms with Gasteiger partial charge in [-0.05, 0) is 44.6 Å². The molecule has 1 aromatic rings. The largest absolute Gasteiger partial charge is 0.490 e. The molecule has 3 heterocycles. The number of nitrogens with zero attached hydrogens (tertiary/aromatic N) is 4. The van der Waals surface area contributed by atoms with Gasteiger partial charge in [0.05, 0.1) is 0 Å². The summed E-state index contributed by atoms with van der Waals surface area (Å²) in [5.41, 5.74) is 1.31. The molecule has 0 aromatic carbocycles. The first kappa shape index (κ1) is 39.3. The van der Waals surface area contributed by atoms with Crippen LogP contribution in [0.4, 0.5) is 39.5 Å². The molecule has 0 radical (unpaired) electrons. The van der Waals surface area contributed by atoms with E-state index in [0.717, 1.165) is 39.0 Å². The molecule has 246 valence electrons. The third-order valence-corrected chi connectivity index (χ3v) is 5.65. The summed E-state index contributed by atoms with van der Waals surface area (Å²) < 4.78 is 95.2. The van der Waals surface area contributed by atoms with Crippen LogP contribution in [0.3, 0.4) is 0 Å². The minimum atomic E-state index is -5.08. The normalized spacial score (nSPS) is 18.7. The number of piperidine rings is 1. The minimum absolute atomic E-state index is 0.342. The van der Waals surface area contributed by atoms with Crippen molar-refractivity contribution in [1.29, 1.82) is 0 Å². The highest BCUT2D eigenvalue weighted by Gasteiger charge is 2.43. The number of hydrogen-bond donors (Lipinski definition) is 3. The lowest BCUT2D eigenvalue weighted by Gasteiger charge is -2.40. The van der Waals surface area contributed by atoms with Crippen LogP contribution in [0.15, 0.2) is 24.5 Å². The van der Waals surface area contributed by atoms with Crippen LogP contribution in [0.5, 0.6) is 0 Å².